The van der Waals surface area contributed by atoms with Crippen molar-refractivity contribution in [2.45, 2.75) is 24.8 Å². The molecule has 1 N–H and O–H groups in total. The molecule has 1 saturated carbocycles. The van der Waals surface area contributed by atoms with Gasteiger partial charge in [0.2, 0.25) is 5.91 Å². The van der Waals surface area contributed by atoms with Gasteiger partial charge in [-0.1, -0.05) is 29.8 Å². The second-order valence-electron chi connectivity index (χ2n) is 7.15. The molecule has 2 aromatic rings. The lowest BCUT2D eigenvalue weighted by Gasteiger charge is -2.22. The van der Waals surface area contributed by atoms with Crippen molar-refractivity contribution in [3.8, 4) is 0 Å². The number of hydrogen-bond acceptors (Lipinski definition) is 2. The van der Waals surface area contributed by atoms with E-state index in [-0.39, 0.29) is 35.5 Å². The summed E-state index contributed by atoms with van der Waals surface area (Å²) in [6.07, 6.45) is 1.17. The number of carbonyl (C=O) groups is 2. The number of benzene rings is 2. The van der Waals surface area contributed by atoms with E-state index in [9.17, 15) is 14.0 Å². The Morgan fingerprint density at radius 3 is 2.44 bits per heavy atom. The highest BCUT2D eigenvalue weighted by Crippen LogP contribution is 2.40. The van der Waals surface area contributed by atoms with E-state index in [0.29, 0.717) is 23.4 Å². The summed E-state index contributed by atoms with van der Waals surface area (Å²) >= 11 is 5.96. The average Bonchev–Trinajstić information content (AvgIpc) is 3.05. The Balaban J connectivity index is 1.79. The zero-order valence-electron chi connectivity index (χ0n) is 15.3. The number of halogens is 2. The van der Waals surface area contributed by atoms with Crippen molar-refractivity contribution in [1.29, 1.82) is 0 Å². The summed E-state index contributed by atoms with van der Waals surface area (Å²) in [5.74, 6) is -0.819. The van der Waals surface area contributed by atoms with Crippen LogP contribution in [0.25, 0.3) is 0 Å². The summed E-state index contributed by atoms with van der Waals surface area (Å²) in [7, 11) is 3.45. The lowest BCUT2D eigenvalue weighted by Crippen LogP contribution is -2.34. The lowest BCUT2D eigenvalue weighted by atomic mass is 9.88. The van der Waals surface area contributed by atoms with E-state index < -0.39 is 0 Å². The third kappa shape index (κ3) is 4.48. The summed E-state index contributed by atoms with van der Waals surface area (Å²) in [6.45, 7) is 0. The fraction of sp³-hybridized carbons (Fsp3) is 0.333. The zero-order chi connectivity index (χ0) is 19.6. The van der Waals surface area contributed by atoms with Crippen LogP contribution in [0.5, 0.6) is 0 Å². The van der Waals surface area contributed by atoms with Crippen LogP contribution in [0.4, 0.5) is 4.39 Å². The maximum Gasteiger partial charge on any atom is 0.251 e. The van der Waals surface area contributed by atoms with Crippen LogP contribution in [0.15, 0.2) is 48.5 Å². The Labute approximate surface area is 163 Å². The maximum atomic E-state index is 13.3. The minimum atomic E-state index is -0.307. The van der Waals surface area contributed by atoms with E-state index >= 15 is 0 Å². The smallest absolute Gasteiger partial charge is 0.251 e. The zero-order valence-corrected chi connectivity index (χ0v) is 16.0. The second kappa shape index (κ2) is 8.09. The molecule has 0 heterocycles. The van der Waals surface area contributed by atoms with Gasteiger partial charge in [0.1, 0.15) is 5.82 Å². The first-order valence-electron chi connectivity index (χ1n) is 8.88. The number of amides is 2. The predicted octanol–water partition coefficient (Wildman–Crippen LogP) is 3.86. The third-order valence-corrected chi connectivity index (χ3v) is 5.28. The van der Waals surface area contributed by atoms with Crippen LogP contribution < -0.4 is 5.32 Å². The van der Waals surface area contributed by atoms with Crippen molar-refractivity contribution in [1.82, 2.24) is 10.2 Å². The Hall–Kier alpha value is -2.40. The summed E-state index contributed by atoms with van der Waals surface area (Å²) in [6, 6.07) is 12.9. The van der Waals surface area contributed by atoms with Gasteiger partial charge in [-0.05, 0) is 54.7 Å². The van der Waals surface area contributed by atoms with Crippen molar-refractivity contribution < 1.29 is 14.0 Å². The van der Waals surface area contributed by atoms with Gasteiger partial charge in [0.15, 0.2) is 0 Å². The molecule has 1 aliphatic rings. The minimum Gasteiger partial charge on any atom is -0.349 e. The van der Waals surface area contributed by atoms with Gasteiger partial charge < -0.3 is 10.2 Å². The molecular formula is C21H22ClFN2O2. The van der Waals surface area contributed by atoms with Crippen LogP contribution in [0.3, 0.4) is 0 Å². The molecule has 0 aromatic heterocycles. The van der Waals surface area contributed by atoms with Gasteiger partial charge in [0.05, 0.1) is 0 Å². The number of hydrogen-bond donors (Lipinski definition) is 1. The molecule has 2 aromatic carbocycles. The number of nitrogens with zero attached hydrogens (tertiary/aromatic N) is 1. The van der Waals surface area contributed by atoms with E-state index in [4.69, 9.17) is 11.6 Å². The standard InChI is InChI=1S/C21H22ClFN2O2/c1-25(2)21(27)19-12-17(11-18(19)13-6-8-16(23)9-7-13)24-20(26)14-4-3-5-15(22)10-14/h3-10,17-19H,11-12H2,1-2H3,(H,24,26)/t17-,18+,19-/m0/s1. The number of carbonyl (C=O) groups excluding carboxylic acids is 2. The summed E-state index contributed by atoms with van der Waals surface area (Å²) in [5.41, 5.74) is 1.40. The second-order valence-corrected chi connectivity index (χ2v) is 7.59. The van der Waals surface area contributed by atoms with Crippen LogP contribution in [-0.4, -0.2) is 36.9 Å². The van der Waals surface area contributed by atoms with Crippen molar-refractivity contribution in [2.24, 2.45) is 5.92 Å². The predicted molar refractivity (Wildman–Crippen MR) is 103 cm³/mol. The Bertz CT molecular complexity index is 838. The largest absolute Gasteiger partial charge is 0.349 e. The van der Waals surface area contributed by atoms with Crippen molar-refractivity contribution in [2.75, 3.05) is 14.1 Å². The highest BCUT2D eigenvalue weighted by Gasteiger charge is 2.40. The van der Waals surface area contributed by atoms with Crippen molar-refractivity contribution in [3.05, 3.63) is 70.5 Å². The molecule has 0 spiro atoms. The van der Waals surface area contributed by atoms with Gasteiger partial charge in [0, 0.05) is 36.6 Å². The molecule has 3 atom stereocenters. The summed E-state index contributed by atoms with van der Waals surface area (Å²) in [5, 5.41) is 3.51. The topological polar surface area (TPSA) is 49.4 Å². The van der Waals surface area contributed by atoms with Gasteiger partial charge in [-0.3, -0.25) is 9.59 Å². The van der Waals surface area contributed by atoms with E-state index in [1.54, 1.807) is 55.4 Å². The molecule has 0 radical (unpaired) electrons. The van der Waals surface area contributed by atoms with Gasteiger partial charge in [0.25, 0.3) is 5.91 Å². The van der Waals surface area contributed by atoms with Gasteiger partial charge in [-0.25, -0.2) is 4.39 Å². The number of nitrogens with one attached hydrogen (secondary N) is 1. The summed E-state index contributed by atoms with van der Waals surface area (Å²) in [4.78, 5) is 26.8. The Kier molecular flexibility index (Phi) is 5.80. The molecule has 6 heteroatoms. The van der Waals surface area contributed by atoms with E-state index in [1.165, 1.54) is 12.1 Å². The quantitative estimate of drug-likeness (QED) is 0.864. The molecule has 3 rings (SSSR count). The fourth-order valence-electron chi connectivity index (χ4n) is 3.74. The molecule has 0 unspecified atom stereocenters. The van der Waals surface area contributed by atoms with Gasteiger partial charge in [-0.2, -0.15) is 0 Å². The highest BCUT2D eigenvalue weighted by atomic mass is 35.5. The Morgan fingerprint density at radius 1 is 1.11 bits per heavy atom. The average molecular weight is 389 g/mol. The van der Waals surface area contributed by atoms with Crippen LogP contribution in [0.1, 0.15) is 34.7 Å². The molecule has 27 heavy (non-hydrogen) atoms. The van der Waals surface area contributed by atoms with Crippen molar-refractivity contribution >= 4 is 23.4 Å². The van der Waals surface area contributed by atoms with Gasteiger partial charge >= 0.3 is 0 Å². The molecule has 0 bridgehead atoms. The van der Waals surface area contributed by atoms with Crippen molar-refractivity contribution in [3.63, 3.8) is 0 Å². The van der Waals surface area contributed by atoms with E-state index in [2.05, 4.69) is 5.32 Å². The first kappa shape index (κ1) is 19.4. The monoisotopic (exact) mass is 388 g/mol. The minimum absolute atomic E-state index is 0.0174. The molecule has 1 aliphatic carbocycles. The molecule has 1 fully saturated rings. The van der Waals surface area contributed by atoms with Gasteiger partial charge in [-0.15, -0.1) is 0 Å². The molecule has 0 saturated heterocycles. The molecule has 2 amide bonds. The van der Waals surface area contributed by atoms with E-state index in [0.717, 1.165) is 5.56 Å². The van der Waals surface area contributed by atoms with E-state index in [1.807, 2.05) is 0 Å². The molecule has 4 nitrogen and oxygen atoms in total. The maximum absolute atomic E-state index is 13.3. The molecular weight excluding hydrogens is 367 g/mol. The van der Waals surface area contributed by atoms with Crippen LogP contribution in [0.2, 0.25) is 5.02 Å². The summed E-state index contributed by atoms with van der Waals surface area (Å²) < 4.78 is 13.3. The Morgan fingerprint density at radius 2 is 1.81 bits per heavy atom. The van der Waals surface area contributed by atoms with Crippen LogP contribution in [-0.2, 0) is 4.79 Å². The fourth-order valence-corrected chi connectivity index (χ4v) is 3.93. The lowest BCUT2D eigenvalue weighted by molar-refractivity contribution is -0.133. The molecule has 0 aliphatic heterocycles. The first-order valence-corrected chi connectivity index (χ1v) is 9.26. The number of rotatable bonds is 4. The third-order valence-electron chi connectivity index (χ3n) is 5.04. The van der Waals surface area contributed by atoms with Crippen LogP contribution in [0, 0.1) is 11.7 Å². The molecule has 142 valence electrons. The first-order chi connectivity index (χ1) is 12.8. The highest BCUT2D eigenvalue weighted by molar-refractivity contribution is 6.30. The van der Waals surface area contributed by atoms with Crippen LogP contribution >= 0.6 is 11.6 Å². The SMILES string of the molecule is CN(C)C(=O)[C@H]1C[C@@H](NC(=O)c2cccc(Cl)c2)C[C@@H]1c1ccc(F)cc1. The normalized spacial score (nSPS) is 21.7.